The third kappa shape index (κ3) is 6.82. The lowest BCUT2D eigenvalue weighted by Gasteiger charge is -2.29. The molecular weight excluding hydrogens is 296 g/mol. The summed E-state index contributed by atoms with van der Waals surface area (Å²) in [4.78, 5) is 22.0. The van der Waals surface area contributed by atoms with Crippen molar-refractivity contribution < 1.29 is 24.2 Å². The van der Waals surface area contributed by atoms with Gasteiger partial charge in [0, 0.05) is 18.8 Å². The van der Waals surface area contributed by atoms with Crippen LogP contribution in [0.25, 0.3) is 0 Å². The molecule has 126 valence electrons. The van der Waals surface area contributed by atoms with Crippen molar-refractivity contribution in [3.63, 3.8) is 0 Å². The summed E-state index contributed by atoms with van der Waals surface area (Å²) in [5.74, 6) is -1.47. The number of carbonyl (C=O) groups excluding carboxylic acids is 2. The fraction of sp³-hybridized carbons (Fsp3) is 0.556. The van der Waals surface area contributed by atoms with Crippen LogP contribution in [0.4, 0.5) is 0 Å². The Labute approximate surface area is 136 Å². The number of carbonyl (C=O) groups is 2. The van der Waals surface area contributed by atoms with Gasteiger partial charge in [0.1, 0.15) is 6.10 Å². The van der Waals surface area contributed by atoms with Crippen LogP contribution in [-0.2, 0) is 25.7 Å². The van der Waals surface area contributed by atoms with Gasteiger partial charge >= 0.3 is 5.97 Å². The second kappa shape index (κ2) is 9.30. The lowest BCUT2D eigenvalue weighted by Crippen LogP contribution is -2.30. The Morgan fingerprint density at radius 2 is 1.83 bits per heavy atom. The maximum Gasteiger partial charge on any atom is 0.306 e. The summed E-state index contributed by atoms with van der Waals surface area (Å²) in [6, 6.07) is 9.99. The molecular formula is C18H23O5-. The summed E-state index contributed by atoms with van der Waals surface area (Å²) in [6.07, 6.45) is 3.76. The molecule has 0 amide bonds. The van der Waals surface area contributed by atoms with Crippen molar-refractivity contribution in [3.05, 3.63) is 35.9 Å². The molecule has 1 aromatic carbocycles. The van der Waals surface area contributed by atoms with E-state index in [-0.39, 0.29) is 37.4 Å². The first-order chi connectivity index (χ1) is 11.1. The molecule has 5 nitrogen and oxygen atoms in total. The maximum absolute atomic E-state index is 11.7. The molecule has 0 saturated heterocycles. The normalized spacial score (nSPS) is 20.9. The molecule has 1 saturated carbocycles. The van der Waals surface area contributed by atoms with E-state index < -0.39 is 5.97 Å². The fourth-order valence-electron chi connectivity index (χ4n) is 2.77. The SMILES string of the molecule is O=C([O-])CCCC(=O)OC1CCCC(OCc2ccccc2)C1. The standard InChI is InChI=1S/C18H24O5/c19-17(20)10-5-11-18(21)23-16-9-4-8-15(12-16)22-13-14-6-2-1-3-7-14/h1-3,6-7,15-16H,4-5,8-13H2,(H,19,20)/p-1. The van der Waals surface area contributed by atoms with E-state index in [9.17, 15) is 14.7 Å². The largest absolute Gasteiger partial charge is 0.550 e. The Kier molecular flexibility index (Phi) is 7.07. The molecule has 1 aromatic rings. The summed E-state index contributed by atoms with van der Waals surface area (Å²) < 4.78 is 11.3. The van der Waals surface area contributed by atoms with Crippen molar-refractivity contribution in [2.24, 2.45) is 0 Å². The van der Waals surface area contributed by atoms with Gasteiger partial charge in [0.15, 0.2) is 0 Å². The van der Waals surface area contributed by atoms with Crippen molar-refractivity contribution in [2.45, 2.75) is 63.8 Å². The van der Waals surface area contributed by atoms with Gasteiger partial charge in [-0.3, -0.25) is 4.79 Å². The second-order valence-electron chi connectivity index (χ2n) is 5.92. The quantitative estimate of drug-likeness (QED) is 0.685. The monoisotopic (exact) mass is 319 g/mol. The predicted molar refractivity (Wildman–Crippen MR) is 82.2 cm³/mol. The highest BCUT2D eigenvalue weighted by atomic mass is 16.5. The second-order valence-corrected chi connectivity index (χ2v) is 5.92. The summed E-state index contributed by atoms with van der Waals surface area (Å²) in [7, 11) is 0. The van der Waals surface area contributed by atoms with Gasteiger partial charge in [-0.1, -0.05) is 30.3 Å². The number of esters is 1. The Morgan fingerprint density at radius 3 is 2.57 bits per heavy atom. The number of carboxylic acids is 1. The third-order valence-corrected chi connectivity index (χ3v) is 3.97. The lowest BCUT2D eigenvalue weighted by molar-refractivity contribution is -0.305. The number of benzene rings is 1. The first kappa shape index (κ1) is 17.5. The van der Waals surface area contributed by atoms with Crippen molar-refractivity contribution in [1.29, 1.82) is 0 Å². The highest BCUT2D eigenvalue weighted by molar-refractivity contribution is 5.71. The van der Waals surface area contributed by atoms with E-state index in [1.54, 1.807) is 0 Å². The first-order valence-corrected chi connectivity index (χ1v) is 8.18. The highest BCUT2D eigenvalue weighted by Crippen LogP contribution is 2.25. The van der Waals surface area contributed by atoms with E-state index in [2.05, 4.69) is 0 Å². The van der Waals surface area contributed by atoms with Crippen LogP contribution in [0.1, 0.15) is 50.5 Å². The Morgan fingerprint density at radius 1 is 1.09 bits per heavy atom. The molecule has 2 atom stereocenters. The number of carboxylic acid groups (broad SMARTS) is 1. The zero-order valence-corrected chi connectivity index (χ0v) is 13.2. The van der Waals surface area contributed by atoms with Crippen LogP contribution in [0.2, 0.25) is 0 Å². The topological polar surface area (TPSA) is 75.7 Å². The van der Waals surface area contributed by atoms with Crippen LogP contribution < -0.4 is 5.11 Å². The lowest BCUT2D eigenvalue weighted by atomic mass is 9.94. The van der Waals surface area contributed by atoms with Crippen LogP contribution in [0.15, 0.2) is 30.3 Å². The number of rotatable bonds is 8. The molecule has 0 aromatic heterocycles. The minimum Gasteiger partial charge on any atom is -0.550 e. The summed E-state index contributed by atoms with van der Waals surface area (Å²) in [5, 5.41) is 10.3. The van der Waals surface area contributed by atoms with Crippen LogP contribution in [-0.4, -0.2) is 24.1 Å². The fourth-order valence-corrected chi connectivity index (χ4v) is 2.77. The Bertz CT molecular complexity index is 499. The first-order valence-electron chi connectivity index (χ1n) is 8.18. The van der Waals surface area contributed by atoms with Gasteiger partial charge in [0.05, 0.1) is 12.7 Å². The smallest absolute Gasteiger partial charge is 0.306 e. The molecule has 0 spiro atoms. The number of hydrogen-bond acceptors (Lipinski definition) is 5. The van der Waals surface area contributed by atoms with Gasteiger partial charge in [-0.2, -0.15) is 0 Å². The van der Waals surface area contributed by atoms with E-state index in [4.69, 9.17) is 9.47 Å². The Balaban J connectivity index is 1.68. The highest BCUT2D eigenvalue weighted by Gasteiger charge is 2.25. The minimum atomic E-state index is -1.13. The van der Waals surface area contributed by atoms with Crippen LogP contribution in [0.5, 0.6) is 0 Å². The predicted octanol–water partition coefficient (Wildman–Crippen LogP) is 1.98. The minimum absolute atomic E-state index is 0.102. The van der Waals surface area contributed by atoms with Gasteiger partial charge in [0.25, 0.3) is 0 Å². The molecule has 0 radical (unpaired) electrons. The molecule has 2 unspecified atom stereocenters. The van der Waals surface area contributed by atoms with Crippen molar-refractivity contribution >= 4 is 11.9 Å². The summed E-state index contributed by atoms with van der Waals surface area (Å²) in [6.45, 7) is 0.567. The number of hydrogen-bond donors (Lipinski definition) is 0. The average molecular weight is 319 g/mol. The molecule has 5 heteroatoms. The van der Waals surface area contributed by atoms with Crippen molar-refractivity contribution in [2.75, 3.05) is 0 Å². The average Bonchev–Trinajstić information content (AvgIpc) is 2.54. The van der Waals surface area contributed by atoms with E-state index in [1.165, 1.54) is 0 Å². The van der Waals surface area contributed by atoms with Gasteiger partial charge in [-0.05, 0) is 37.7 Å². The molecule has 23 heavy (non-hydrogen) atoms. The van der Waals surface area contributed by atoms with Gasteiger partial charge in [-0.25, -0.2) is 0 Å². The molecule has 0 heterocycles. The maximum atomic E-state index is 11.7. The van der Waals surface area contributed by atoms with E-state index in [0.717, 1.165) is 24.8 Å². The number of ether oxygens (including phenoxy) is 2. The van der Waals surface area contributed by atoms with E-state index >= 15 is 0 Å². The van der Waals surface area contributed by atoms with Crippen molar-refractivity contribution in [1.82, 2.24) is 0 Å². The van der Waals surface area contributed by atoms with E-state index in [0.29, 0.717) is 13.0 Å². The summed E-state index contributed by atoms with van der Waals surface area (Å²) >= 11 is 0. The van der Waals surface area contributed by atoms with E-state index in [1.807, 2.05) is 30.3 Å². The molecule has 2 rings (SSSR count). The van der Waals surface area contributed by atoms with Gasteiger partial charge in [-0.15, -0.1) is 0 Å². The molecule has 1 aliphatic rings. The summed E-state index contributed by atoms with van der Waals surface area (Å²) in [5.41, 5.74) is 1.13. The third-order valence-electron chi connectivity index (χ3n) is 3.97. The molecule has 1 aliphatic carbocycles. The van der Waals surface area contributed by atoms with Gasteiger partial charge < -0.3 is 19.4 Å². The van der Waals surface area contributed by atoms with Crippen molar-refractivity contribution in [3.8, 4) is 0 Å². The molecule has 0 N–H and O–H groups in total. The zero-order chi connectivity index (χ0) is 16.5. The van der Waals surface area contributed by atoms with Crippen LogP contribution in [0, 0.1) is 0 Å². The zero-order valence-electron chi connectivity index (χ0n) is 13.2. The number of aliphatic carboxylic acids is 1. The molecule has 0 aliphatic heterocycles. The molecule has 1 fully saturated rings. The van der Waals surface area contributed by atoms with Crippen LogP contribution >= 0.6 is 0 Å². The Hall–Kier alpha value is -1.88. The van der Waals surface area contributed by atoms with Crippen LogP contribution in [0.3, 0.4) is 0 Å². The molecule has 0 bridgehead atoms. The van der Waals surface area contributed by atoms with Gasteiger partial charge in [0.2, 0.25) is 0 Å².